The van der Waals surface area contributed by atoms with Crippen LogP contribution in [0.4, 0.5) is 0 Å². The SMILES string of the molecule is COc1cccc(COc2cccn3c(=O)c(-c4cc(C)n(-c5ccccc5C)n4)c(C)nc23)c1. The fourth-order valence-corrected chi connectivity index (χ4v) is 4.22. The minimum absolute atomic E-state index is 0.186. The topological polar surface area (TPSA) is 70.7 Å². The van der Waals surface area contributed by atoms with Gasteiger partial charge in [0.1, 0.15) is 18.1 Å². The van der Waals surface area contributed by atoms with Crippen molar-refractivity contribution < 1.29 is 9.47 Å². The van der Waals surface area contributed by atoms with Crippen molar-refractivity contribution >= 4 is 5.65 Å². The molecule has 7 heteroatoms. The van der Waals surface area contributed by atoms with Gasteiger partial charge in [-0.05, 0) is 68.3 Å². The molecule has 0 bridgehead atoms. The Morgan fingerprint density at radius 2 is 1.77 bits per heavy atom. The number of pyridine rings is 1. The van der Waals surface area contributed by atoms with E-state index in [0.29, 0.717) is 35.0 Å². The van der Waals surface area contributed by atoms with E-state index in [1.165, 1.54) is 4.40 Å². The van der Waals surface area contributed by atoms with Crippen LogP contribution in [0, 0.1) is 20.8 Å². The molecule has 176 valence electrons. The normalized spacial score (nSPS) is 11.1. The van der Waals surface area contributed by atoms with Crippen molar-refractivity contribution in [1.82, 2.24) is 19.2 Å². The van der Waals surface area contributed by atoms with E-state index in [2.05, 4.69) is 0 Å². The summed E-state index contributed by atoms with van der Waals surface area (Å²) < 4.78 is 14.7. The van der Waals surface area contributed by atoms with Gasteiger partial charge in [-0.15, -0.1) is 0 Å². The van der Waals surface area contributed by atoms with Crippen LogP contribution in [0.25, 0.3) is 22.6 Å². The molecule has 0 saturated carbocycles. The van der Waals surface area contributed by atoms with Crippen LogP contribution in [0.1, 0.15) is 22.5 Å². The van der Waals surface area contributed by atoms with E-state index in [1.807, 2.05) is 86.1 Å². The third-order valence-corrected chi connectivity index (χ3v) is 6.02. The second-order valence-corrected chi connectivity index (χ2v) is 8.45. The van der Waals surface area contributed by atoms with Gasteiger partial charge < -0.3 is 9.47 Å². The number of hydrogen-bond acceptors (Lipinski definition) is 5. The predicted octanol–water partition coefficient (Wildman–Crippen LogP) is 5.06. The number of nitrogens with zero attached hydrogens (tertiary/aromatic N) is 4. The Labute approximate surface area is 203 Å². The molecule has 3 aromatic heterocycles. The molecule has 2 aromatic carbocycles. The summed E-state index contributed by atoms with van der Waals surface area (Å²) in [7, 11) is 1.63. The van der Waals surface area contributed by atoms with Crippen LogP contribution in [0.2, 0.25) is 0 Å². The molecule has 0 unspecified atom stereocenters. The first kappa shape index (κ1) is 22.4. The van der Waals surface area contributed by atoms with E-state index in [0.717, 1.165) is 28.3 Å². The molecule has 0 aliphatic rings. The summed E-state index contributed by atoms with van der Waals surface area (Å²) in [5.74, 6) is 1.29. The van der Waals surface area contributed by atoms with Gasteiger partial charge in [-0.1, -0.05) is 30.3 Å². The Morgan fingerprint density at radius 1 is 0.943 bits per heavy atom. The number of benzene rings is 2. The van der Waals surface area contributed by atoms with Crippen LogP contribution >= 0.6 is 0 Å². The van der Waals surface area contributed by atoms with Gasteiger partial charge in [-0.3, -0.25) is 9.20 Å². The van der Waals surface area contributed by atoms with Crippen molar-refractivity contribution in [3.05, 3.63) is 106 Å². The molecule has 0 aliphatic carbocycles. The van der Waals surface area contributed by atoms with E-state index in [9.17, 15) is 4.79 Å². The lowest BCUT2D eigenvalue weighted by Gasteiger charge is -2.12. The lowest BCUT2D eigenvalue weighted by Crippen LogP contribution is -2.19. The molecular formula is C28H26N4O3. The predicted molar refractivity (Wildman–Crippen MR) is 136 cm³/mol. The number of rotatable bonds is 6. The van der Waals surface area contributed by atoms with Crippen LogP contribution in [0.5, 0.6) is 11.5 Å². The first-order chi connectivity index (χ1) is 17.0. The summed E-state index contributed by atoms with van der Waals surface area (Å²) in [6.07, 6.45) is 1.71. The molecule has 3 heterocycles. The number of fused-ring (bicyclic) bond motifs is 1. The van der Waals surface area contributed by atoms with Gasteiger partial charge in [0.15, 0.2) is 11.4 Å². The Hall–Kier alpha value is -4.39. The Morgan fingerprint density at radius 3 is 2.57 bits per heavy atom. The van der Waals surface area contributed by atoms with E-state index in [4.69, 9.17) is 19.6 Å². The van der Waals surface area contributed by atoms with Gasteiger partial charge in [-0.2, -0.15) is 5.10 Å². The number of aromatic nitrogens is 4. The number of ether oxygens (including phenoxy) is 2. The maximum absolute atomic E-state index is 13.6. The summed E-state index contributed by atoms with van der Waals surface area (Å²) >= 11 is 0. The maximum Gasteiger partial charge on any atom is 0.267 e. The van der Waals surface area contributed by atoms with Gasteiger partial charge in [0.25, 0.3) is 5.56 Å². The third kappa shape index (κ3) is 4.17. The Balaban J connectivity index is 1.54. The zero-order valence-corrected chi connectivity index (χ0v) is 20.1. The largest absolute Gasteiger partial charge is 0.497 e. The molecule has 35 heavy (non-hydrogen) atoms. The minimum atomic E-state index is -0.186. The van der Waals surface area contributed by atoms with Crippen molar-refractivity contribution in [3.8, 4) is 28.4 Å². The van der Waals surface area contributed by atoms with Crippen LogP contribution in [0.3, 0.4) is 0 Å². The molecule has 5 rings (SSSR count). The fraction of sp³-hybridized carbons (Fsp3) is 0.179. The van der Waals surface area contributed by atoms with Gasteiger partial charge >= 0.3 is 0 Å². The van der Waals surface area contributed by atoms with Crippen LogP contribution < -0.4 is 15.0 Å². The van der Waals surface area contributed by atoms with Crippen molar-refractivity contribution in [2.75, 3.05) is 7.11 Å². The zero-order chi connectivity index (χ0) is 24.5. The van der Waals surface area contributed by atoms with Crippen molar-refractivity contribution in [2.24, 2.45) is 0 Å². The van der Waals surface area contributed by atoms with E-state index in [1.54, 1.807) is 19.4 Å². The first-order valence-electron chi connectivity index (χ1n) is 11.4. The quantitative estimate of drug-likeness (QED) is 0.350. The van der Waals surface area contributed by atoms with E-state index in [-0.39, 0.29) is 5.56 Å². The van der Waals surface area contributed by atoms with E-state index < -0.39 is 0 Å². The molecule has 0 amide bonds. The third-order valence-electron chi connectivity index (χ3n) is 6.02. The van der Waals surface area contributed by atoms with Gasteiger partial charge in [0.05, 0.1) is 24.1 Å². The number of methoxy groups -OCH3 is 1. The van der Waals surface area contributed by atoms with Gasteiger partial charge in [0, 0.05) is 11.9 Å². The van der Waals surface area contributed by atoms with Crippen molar-refractivity contribution in [2.45, 2.75) is 27.4 Å². The molecular weight excluding hydrogens is 440 g/mol. The first-order valence-corrected chi connectivity index (χ1v) is 11.4. The van der Waals surface area contributed by atoms with Crippen LogP contribution in [0.15, 0.2) is 77.7 Å². The average Bonchev–Trinajstić information content (AvgIpc) is 3.24. The molecule has 0 saturated heterocycles. The lowest BCUT2D eigenvalue weighted by atomic mass is 10.1. The number of aryl methyl sites for hydroxylation is 3. The maximum atomic E-state index is 13.6. The second-order valence-electron chi connectivity index (χ2n) is 8.45. The molecule has 7 nitrogen and oxygen atoms in total. The van der Waals surface area contributed by atoms with E-state index >= 15 is 0 Å². The smallest absolute Gasteiger partial charge is 0.267 e. The molecule has 0 aliphatic heterocycles. The number of para-hydroxylation sites is 1. The summed E-state index contributed by atoms with van der Waals surface area (Å²) in [5, 5.41) is 4.77. The fourth-order valence-electron chi connectivity index (χ4n) is 4.22. The highest BCUT2D eigenvalue weighted by atomic mass is 16.5. The van der Waals surface area contributed by atoms with Gasteiger partial charge in [-0.25, -0.2) is 9.67 Å². The summed E-state index contributed by atoms with van der Waals surface area (Å²) in [6.45, 7) is 6.18. The Bertz CT molecular complexity index is 1600. The summed E-state index contributed by atoms with van der Waals surface area (Å²) in [5.41, 5.74) is 5.94. The van der Waals surface area contributed by atoms with Crippen molar-refractivity contribution in [1.29, 1.82) is 0 Å². The summed E-state index contributed by atoms with van der Waals surface area (Å²) in [4.78, 5) is 18.3. The lowest BCUT2D eigenvalue weighted by molar-refractivity contribution is 0.306. The van der Waals surface area contributed by atoms with Crippen LogP contribution in [-0.4, -0.2) is 26.3 Å². The standard InChI is InChI=1S/C28H26N4O3/c1-18-9-5-6-12-24(18)32-19(2)15-23(30-32)26-20(3)29-27-25(13-8-14-31(27)28(26)33)35-17-21-10-7-11-22(16-21)34-4/h5-16H,17H2,1-4H3. The monoisotopic (exact) mass is 466 g/mol. The van der Waals surface area contributed by atoms with Gasteiger partial charge in [0.2, 0.25) is 0 Å². The number of hydrogen-bond donors (Lipinski definition) is 0. The highest BCUT2D eigenvalue weighted by Gasteiger charge is 2.18. The molecule has 0 spiro atoms. The molecule has 0 radical (unpaired) electrons. The van der Waals surface area contributed by atoms with Crippen LogP contribution in [-0.2, 0) is 6.61 Å². The highest BCUT2D eigenvalue weighted by molar-refractivity contribution is 5.66. The summed E-state index contributed by atoms with van der Waals surface area (Å²) in [6, 6.07) is 21.2. The zero-order valence-electron chi connectivity index (χ0n) is 20.1. The highest BCUT2D eigenvalue weighted by Crippen LogP contribution is 2.25. The average molecular weight is 467 g/mol. The minimum Gasteiger partial charge on any atom is -0.497 e. The second kappa shape index (κ2) is 9.10. The Kier molecular flexibility index (Phi) is 5.82. The molecule has 5 aromatic rings. The molecule has 0 atom stereocenters. The van der Waals surface area contributed by atoms with Crippen molar-refractivity contribution in [3.63, 3.8) is 0 Å². The molecule has 0 N–H and O–H groups in total. The molecule has 0 fully saturated rings.